The molecular formula is C21H22N2O4. The fourth-order valence-electron chi connectivity index (χ4n) is 3.31. The first kappa shape index (κ1) is 17.4. The molecule has 0 bridgehead atoms. The molecular weight excluding hydrogens is 344 g/mol. The highest BCUT2D eigenvalue weighted by Gasteiger charge is 2.26. The van der Waals surface area contributed by atoms with E-state index < -0.39 is 0 Å². The van der Waals surface area contributed by atoms with Crippen molar-refractivity contribution in [2.24, 2.45) is 0 Å². The zero-order valence-electron chi connectivity index (χ0n) is 15.3. The van der Waals surface area contributed by atoms with Crippen molar-refractivity contribution >= 4 is 16.9 Å². The number of fused-ring (bicyclic) bond motifs is 2. The Morgan fingerprint density at radius 1 is 1.15 bits per heavy atom. The van der Waals surface area contributed by atoms with Crippen molar-refractivity contribution in [3.63, 3.8) is 0 Å². The minimum Gasteiger partial charge on any atom is -0.486 e. The normalized spacial score (nSPS) is 15.7. The lowest BCUT2D eigenvalue weighted by molar-refractivity contribution is -0.132. The van der Waals surface area contributed by atoms with Crippen molar-refractivity contribution in [2.75, 3.05) is 19.7 Å². The molecule has 1 aromatic heterocycles. The first-order valence-electron chi connectivity index (χ1n) is 9.24. The first-order valence-corrected chi connectivity index (χ1v) is 9.24. The molecule has 6 heteroatoms. The molecule has 2 heterocycles. The van der Waals surface area contributed by atoms with Gasteiger partial charge in [-0.3, -0.25) is 4.79 Å². The van der Waals surface area contributed by atoms with Gasteiger partial charge in [0.2, 0.25) is 5.91 Å². The molecule has 1 aliphatic heterocycles. The summed E-state index contributed by atoms with van der Waals surface area (Å²) in [5.41, 5.74) is 1.37. The molecule has 1 atom stereocenters. The second-order valence-electron chi connectivity index (χ2n) is 6.64. The van der Waals surface area contributed by atoms with E-state index in [1.807, 2.05) is 53.4 Å². The highest BCUT2D eigenvalue weighted by molar-refractivity contribution is 5.86. The first-order chi connectivity index (χ1) is 13.2. The SMILES string of the molecule is CCCN(C[C@@H]1COc2ccccc2O1)C(=O)Cc1noc2ccccc12. The molecule has 3 aromatic rings. The lowest BCUT2D eigenvalue weighted by atomic mass is 10.1. The second kappa shape index (κ2) is 7.70. The topological polar surface area (TPSA) is 64.8 Å². The smallest absolute Gasteiger partial charge is 0.228 e. The Kier molecular flexibility index (Phi) is 4.96. The summed E-state index contributed by atoms with van der Waals surface area (Å²) in [7, 11) is 0. The molecule has 27 heavy (non-hydrogen) atoms. The summed E-state index contributed by atoms with van der Waals surface area (Å²) in [6.45, 7) is 3.63. The third-order valence-electron chi connectivity index (χ3n) is 4.61. The summed E-state index contributed by atoms with van der Waals surface area (Å²) in [6, 6.07) is 15.2. The Labute approximate surface area is 157 Å². The van der Waals surface area contributed by atoms with Gasteiger partial charge in [0.25, 0.3) is 0 Å². The number of nitrogens with zero attached hydrogens (tertiary/aromatic N) is 2. The van der Waals surface area contributed by atoms with Crippen LogP contribution < -0.4 is 9.47 Å². The molecule has 1 aliphatic rings. The number of amides is 1. The van der Waals surface area contributed by atoms with E-state index in [0.29, 0.717) is 31.0 Å². The van der Waals surface area contributed by atoms with Crippen LogP contribution >= 0.6 is 0 Å². The standard InChI is InChI=1S/C21H22N2O4/c1-2-11-23(13-15-14-25-19-9-5-6-10-20(19)26-15)21(24)12-17-16-7-3-4-8-18(16)27-22-17/h3-10,15H,2,11-14H2,1H3/t15-/m1/s1. The Morgan fingerprint density at radius 2 is 1.93 bits per heavy atom. The van der Waals surface area contributed by atoms with E-state index in [1.165, 1.54) is 0 Å². The van der Waals surface area contributed by atoms with Crippen molar-refractivity contribution in [2.45, 2.75) is 25.9 Å². The number of benzene rings is 2. The van der Waals surface area contributed by atoms with Crippen LogP contribution in [0.2, 0.25) is 0 Å². The summed E-state index contributed by atoms with van der Waals surface area (Å²) in [5, 5.41) is 4.96. The maximum atomic E-state index is 12.9. The van der Waals surface area contributed by atoms with Crippen LogP contribution in [0.4, 0.5) is 0 Å². The molecule has 0 spiro atoms. The highest BCUT2D eigenvalue weighted by Crippen LogP contribution is 2.31. The van der Waals surface area contributed by atoms with Gasteiger partial charge in [0.05, 0.1) is 13.0 Å². The van der Waals surface area contributed by atoms with E-state index in [2.05, 4.69) is 12.1 Å². The fraction of sp³-hybridized carbons (Fsp3) is 0.333. The molecule has 140 valence electrons. The number of para-hydroxylation sites is 3. The number of rotatable bonds is 6. The van der Waals surface area contributed by atoms with Crippen LogP contribution in [0.3, 0.4) is 0 Å². The molecule has 6 nitrogen and oxygen atoms in total. The number of hydrogen-bond acceptors (Lipinski definition) is 5. The van der Waals surface area contributed by atoms with Crippen molar-refractivity contribution in [1.82, 2.24) is 10.1 Å². The van der Waals surface area contributed by atoms with Gasteiger partial charge >= 0.3 is 0 Å². The van der Waals surface area contributed by atoms with Crippen LogP contribution in [0.1, 0.15) is 19.0 Å². The summed E-state index contributed by atoms with van der Waals surface area (Å²) in [5.74, 6) is 1.48. The Bertz CT molecular complexity index is 937. The molecule has 1 amide bonds. The highest BCUT2D eigenvalue weighted by atomic mass is 16.6. The largest absolute Gasteiger partial charge is 0.486 e. The molecule has 0 saturated heterocycles. The molecule has 0 unspecified atom stereocenters. The third kappa shape index (κ3) is 3.74. The van der Waals surface area contributed by atoms with Gasteiger partial charge in [0, 0.05) is 11.9 Å². The molecule has 0 saturated carbocycles. The van der Waals surface area contributed by atoms with Gasteiger partial charge in [-0.25, -0.2) is 0 Å². The van der Waals surface area contributed by atoms with E-state index in [1.54, 1.807) is 0 Å². The fourth-order valence-corrected chi connectivity index (χ4v) is 3.31. The van der Waals surface area contributed by atoms with Gasteiger partial charge in [-0.05, 0) is 30.7 Å². The van der Waals surface area contributed by atoms with Crippen LogP contribution in [0, 0.1) is 0 Å². The maximum Gasteiger partial charge on any atom is 0.228 e. The van der Waals surface area contributed by atoms with E-state index in [-0.39, 0.29) is 18.4 Å². The number of hydrogen-bond donors (Lipinski definition) is 0. The van der Waals surface area contributed by atoms with Crippen molar-refractivity contribution < 1.29 is 18.8 Å². The average Bonchev–Trinajstić information content (AvgIpc) is 3.10. The predicted octanol–water partition coefficient (Wildman–Crippen LogP) is 3.45. The van der Waals surface area contributed by atoms with Crippen LogP contribution in [0.25, 0.3) is 11.0 Å². The summed E-state index contributed by atoms with van der Waals surface area (Å²) < 4.78 is 17.1. The number of ether oxygens (including phenoxy) is 2. The van der Waals surface area contributed by atoms with Crippen LogP contribution in [-0.2, 0) is 11.2 Å². The zero-order chi connectivity index (χ0) is 18.6. The van der Waals surface area contributed by atoms with Gasteiger partial charge < -0.3 is 18.9 Å². The van der Waals surface area contributed by atoms with Crippen molar-refractivity contribution in [1.29, 1.82) is 0 Å². The van der Waals surface area contributed by atoms with E-state index in [4.69, 9.17) is 14.0 Å². The number of carbonyl (C=O) groups excluding carboxylic acids is 1. The van der Waals surface area contributed by atoms with Gasteiger partial charge in [-0.1, -0.05) is 36.3 Å². The predicted molar refractivity (Wildman–Crippen MR) is 101 cm³/mol. The van der Waals surface area contributed by atoms with Gasteiger partial charge in [-0.2, -0.15) is 0 Å². The van der Waals surface area contributed by atoms with Gasteiger partial charge in [0.1, 0.15) is 12.3 Å². The molecule has 4 rings (SSSR count). The quantitative estimate of drug-likeness (QED) is 0.669. The van der Waals surface area contributed by atoms with Gasteiger partial charge in [-0.15, -0.1) is 0 Å². The third-order valence-corrected chi connectivity index (χ3v) is 4.61. The number of carbonyl (C=O) groups is 1. The van der Waals surface area contributed by atoms with E-state index in [9.17, 15) is 4.79 Å². The minimum absolute atomic E-state index is 0.0124. The molecule has 0 aliphatic carbocycles. The average molecular weight is 366 g/mol. The minimum atomic E-state index is -0.190. The van der Waals surface area contributed by atoms with E-state index in [0.717, 1.165) is 23.3 Å². The monoisotopic (exact) mass is 366 g/mol. The Balaban J connectivity index is 1.45. The summed E-state index contributed by atoms with van der Waals surface area (Å²) in [4.78, 5) is 14.7. The molecule has 0 radical (unpaired) electrons. The molecule has 0 fully saturated rings. The summed E-state index contributed by atoms with van der Waals surface area (Å²) >= 11 is 0. The lowest BCUT2D eigenvalue weighted by Crippen LogP contribution is -2.44. The lowest BCUT2D eigenvalue weighted by Gasteiger charge is -2.31. The molecule has 2 aromatic carbocycles. The van der Waals surface area contributed by atoms with Crippen LogP contribution in [-0.4, -0.2) is 41.8 Å². The second-order valence-corrected chi connectivity index (χ2v) is 6.64. The zero-order valence-corrected chi connectivity index (χ0v) is 15.3. The maximum absolute atomic E-state index is 12.9. The Hall–Kier alpha value is -3.02. The summed E-state index contributed by atoms with van der Waals surface area (Å²) in [6.07, 6.45) is 0.890. The molecule has 0 N–H and O–H groups in total. The number of aromatic nitrogens is 1. The van der Waals surface area contributed by atoms with Crippen LogP contribution in [0.5, 0.6) is 11.5 Å². The van der Waals surface area contributed by atoms with Crippen molar-refractivity contribution in [3.8, 4) is 11.5 Å². The van der Waals surface area contributed by atoms with E-state index >= 15 is 0 Å². The van der Waals surface area contributed by atoms with Crippen molar-refractivity contribution in [3.05, 3.63) is 54.2 Å². The van der Waals surface area contributed by atoms with Crippen LogP contribution in [0.15, 0.2) is 53.1 Å². The van der Waals surface area contributed by atoms with Gasteiger partial charge in [0.15, 0.2) is 23.2 Å². The Morgan fingerprint density at radius 3 is 2.78 bits per heavy atom.